The van der Waals surface area contributed by atoms with Gasteiger partial charge in [0, 0.05) is 0 Å². The van der Waals surface area contributed by atoms with E-state index in [0.29, 0.717) is 7.92 Å². The van der Waals surface area contributed by atoms with Crippen LogP contribution in [0.3, 0.4) is 0 Å². The Morgan fingerprint density at radius 1 is 0.588 bits per heavy atom. The van der Waals surface area contributed by atoms with E-state index in [1.165, 1.54) is 28.8 Å². The molecule has 0 aromatic carbocycles. The summed E-state index contributed by atoms with van der Waals surface area (Å²) in [5, 5.41) is 0. The zero-order valence-electron chi connectivity index (χ0n) is 11.1. The number of rotatable bonds is 1. The van der Waals surface area contributed by atoms with E-state index >= 15 is 0 Å². The van der Waals surface area contributed by atoms with Crippen molar-refractivity contribution in [3.63, 3.8) is 0 Å². The van der Waals surface area contributed by atoms with Gasteiger partial charge in [0.25, 0.3) is 0 Å². The minimum atomic E-state index is 0.457. The van der Waals surface area contributed by atoms with E-state index in [0.717, 1.165) is 0 Å². The van der Waals surface area contributed by atoms with E-state index < -0.39 is 0 Å². The topological polar surface area (TPSA) is 0 Å². The number of hydrogen-bond acceptors (Lipinski definition) is 0. The molecule has 0 radical (unpaired) electrons. The van der Waals surface area contributed by atoms with Crippen LogP contribution in [0.5, 0.6) is 0 Å². The molecule has 4 rings (SSSR count). The standard InChI is InChI=1S/C16H27P/c1-4-12-10-11-16(15(12)9-1)17-13-5-2-6-14(17)8-3-7-13/h12-16H,1-11H2. The van der Waals surface area contributed by atoms with Gasteiger partial charge in [-0.1, -0.05) is 33.6 Å². The van der Waals surface area contributed by atoms with Gasteiger partial charge in [0.15, 0.2) is 0 Å². The summed E-state index contributed by atoms with van der Waals surface area (Å²) in [6, 6.07) is 0. The SMILES string of the molecule is C1CC2CCC(P3C4CCCC3CCC4)C2C1. The molecule has 4 fully saturated rings. The van der Waals surface area contributed by atoms with E-state index in [9.17, 15) is 0 Å². The van der Waals surface area contributed by atoms with Gasteiger partial charge in [-0.25, -0.2) is 0 Å². The normalized spacial score (nSPS) is 53.6. The highest BCUT2D eigenvalue weighted by Crippen LogP contribution is 2.68. The van der Waals surface area contributed by atoms with Gasteiger partial charge in [-0.15, -0.1) is 0 Å². The third-order valence-corrected chi connectivity index (χ3v) is 10.5. The van der Waals surface area contributed by atoms with E-state index in [4.69, 9.17) is 0 Å². The molecule has 1 heteroatoms. The average molecular weight is 250 g/mol. The van der Waals surface area contributed by atoms with Crippen LogP contribution < -0.4 is 0 Å². The van der Waals surface area contributed by atoms with Crippen molar-refractivity contribution in [3.05, 3.63) is 0 Å². The summed E-state index contributed by atoms with van der Waals surface area (Å²) in [4.78, 5) is 0. The fraction of sp³-hybridized carbons (Fsp3) is 1.00. The fourth-order valence-electron chi connectivity index (χ4n) is 5.80. The summed E-state index contributed by atoms with van der Waals surface area (Å²) in [5.74, 6) is 2.40. The van der Waals surface area contributed by atoms with Gasteiger partial charge in [0.2, 0.25) is 0 Å². The van der Waals surface area contributed by atoms with Crippen LogP contribution in [-0.4, -0.2) is 17.0 Å². The van der Waals surface area contributed by atoms with Crippen molar-refractivity contribution < 1.29 is 0 Å². The van der Waals surface area contributed by atoms with E-state index in [2.05, 4.69) is 0 Å². The second-order valence-electron chi connectivity index (χ2n) is 7.12. The fourth-order valence-corrected chi connectivity index (χ4v) is 10.7. The van der Waals surface area contributed by atoms with Crippen molar-refractivity contribution in [2.24, 2.45) is 11.8 Å². The molecule has 2 saturated heterocycles. The van der Waals surface area contributed by atoms with Crippen LogP contribution >= 0.6 is 7.92 Å². The Kier molecular flexibility index (Phi) is 2.99. The lowest BCUT2D eigenvalue weighted by Crippen LogP contribution is -2.33. The molecule has 2 bridgehead atoms. The summed E-state index contributed by atoms with van der Waals surface area (Å²) in [6.07, 6.45) is 17.7. The van der Waals surface area contributed by atoms with Gasteiger partial charge in [0.1, 0.15) is 0 Å². The lowest BCUT2D eigenvalue weighted by atomic mass is 9.98. The van der Waals surface area contributed by atoms with Crippen molar-refractivity contribution in [1.29, 1.82) is 0 Å². The van der Waals surface area contributed by atoms with Crippen molar-refractivity contribution in [1.82, 2.24) is 0 Å². The maximum atomic E-state index is 1.65. The summed E-state index contributed by atoms with van der Waals surface area (Å²) in [6.45, 7) is 0. The molecule has 0 nitrogen and oxygen atoms in total. The van der Waals surface area contributed by atoms with Crippen molar-refractivity contribution in [3.8, 4) is 0 Å². The first-order chi connectivity index (χ1) is 8.43. The van der Waals surface area contributed by atoms with E-state index in [1.807, 2.05) is 0 Å². The van der Waals surface area contributed by atoms with Crippen LogP contribution in [0.1, 0.15) is 70.6 Å². The molecule has 96 valence electrons. The Labute approximate surface area is 108 Å². The van der Waals surface area contributed by atoms with E-state index in [1.54, 1.807) is 70.6 Å². The molecule has 17 heavy (non-hydrogen) atoms. The van der Waals surface area contributed by atoms with E-state index in [-0.39, 0.29) is 0 Å². The monoisotopic (exact) mass is 250 g/mol. The average Bonchev–Trinajstić information content (AvgIpc) is 2.89. The second-order valence-corrected chi connectivity index (χ2v) is 10.1. The first-order valence-corrected chi connectivity index (χ1v) is 9.76. The number of hydrogen-bond donors (Lipinski definition) is 0. The highest BCUT2D eigenvalue weighted by atomic mass is 31.1. The highest BCUT2D eigenvalue weighted by Gasteiger charge is 2.48. The zero-order valence-corrected chi connectivity index (χ0v) is 12.0. The molecule has 3 unspecified atom stereocenters. The highest BCUT2D eigenvalue weighted by molar-refractivity contribution is 7.60. The Balaban J connectivity index is 1.57. The van der Waals surface area contributed by atoms with Crippen molar-refractivity contribution in [2.45, 2.75) is 87.6 Å². The predicted octanol–water partition coefficient (Wildman–Crippen LogP) is 5.15. The lowest BCUT2D eigenvalue weighted by molar-refractivity contribution is 0.436. The van der Waals surface area contributed by atoms with Crippen molar-refractivity contribution in [2.75, 3.05) is 0 Å². The molecule has 2 aliphatic heterocycles. The molecule has 2 heterocycles. The van der Waals surface area contributed by atoms with Crippen LogP contribution in [0.25, 0.3) is 0 Å². The number of fused-ring (bicyclic) bond motifs is 3. The zero-order chi connectivity index (χ0) is 11.2. The molecular formula is C16H27P. The maximum absolute atomic E-state index is 1.65. The Morgan fingerprint density at radius 2 is 1.24 bits per heavy atom. The van der Waals surface area contributed by atoms with Crippen LogP contribution in [0.4, 0.5) is 0 Å². The quantitative estimate of drug-likeness (QED) is 0.564. The first kappa shape index (κ1) is 11.3. The Bertz CT molecular complexity index is 265. The largest absolute Gasteiger partial charge is 0.0969 e. The minimum absolute atomic E-state index is 0.457. The summed E-state index contributed by atoms with van der Waals surface area (Å²) >= 11 is 0. The Hall–Kier alpha value is 0.430. The third kappa shape index (κ3) is 1.81. The molecule has 3 atom stereocenters. The molecule has 0 aromatic rings. The predicted molar refractivity (Wildman–Crippen MR) is 76.1 cm³/mol. The third-order valence-electron chi connectivity index (χ3n) is 6.42. The summed E-state index contributed by atoms with van der Waals surface area (Å²) in [7, 11) is 0.457. The van der Waals surface area contributed by atoms with Crippen LogP contribution in [0, 0.1) is 11.8 Å². The van der Waals surface area contributed by atoms with Crippen LogP contribution in [0.15, 0.2) is 0 Å². The molecule has 0 amide bonds. The molecular weight excluding hydrogens is 223 g/mol. The summed E-state index contributed by atoms with van der Waals surface area (Å²) < 4.78 is 0. The summed E-state index contributed by atoms with van der Waals surface area (Å²) in [5.41, 5.74) is 3.69. The molecule has 0 spiro atoms. The molecule has 0 N–H and O–H groups in total. The van der Waals surface area contributed by atoms with Gasteiger partial charge in [-0.2, -0.15) is 0 Å². The van der Waals surface area contributed by atoms with Crippen LogP contribution in [-0.2, 0) is 0 Å². The molecule has 2 saturated carbocycles. The van der Waals surface area contributed by atoms with Crippen molar-refractivity contribution >= 4 is 7.92 Å². The molecule has 0 aromatic heterocycles. The van der Waals surface area contributed by atoms with Gasteiger partial charge in [-0.05, 0) is 73.8 Å². The maximum Gasteiger partial charge on any atom is -0.0173 e. The smallest absolute Gasteiger partial charge is 0.0173 e. The van der Waals surface area contributed by atoms with Gasteiger partial charge >= 0.3 is 0 Å². The minimum Gasteiger partial charge on any atom is -0.0969 e. The lowest BCUT2D eigenvalue weighted by Gasteiger charge is -2.47. The Morgan fingerprint density at radius 3 is 1.94 bits per heavy atom. The van der Waals surface area contributed by atoms with Gasteiger partial charge < -0.3 is 0 Å². The first-order valence-electron chi connectivity index (χ1n) is 8.21. The van der Waals surface area contributed by atoms with Crippen LogP contribution in [0.2, 0.25) is 0 Å². The second kappa shape index (κ2) is 4.52. The molecule has 2 aliphatic carbocycles. The van der Waals surface area contributed by atoms with Gasteiger partial charge in [0.05, 0.1) is 0 Å². The molecule has 4 aliphatic rings. The van der Waals surface area contributed by atoms with Gasteiger partial charge in [-0.3, -0.25) is 0 Å².